The van der Waals surface area contributed by atoms with Crippen LogP contribution in [-0.2, 0) is 10.2 Å². The molecule has 1 atom stereocenters. The lowest BCUT2D eigenvalue weighted by Crippen LogP contribution is -2.51. The van der Waals surface area contributed by atoms with E-state index in [1.807, 2.05) is 6.92 Å². The quantitative estimate of drug-likeness (QED) is 0.763. The summed E-state index contributed by atoms with van der Waals surface area (Å²) < 4.78 is 27.9. The maximum Gasteiger partial charge on any atom is 0.279 e. The van der Waals surface area contributed by atoms with Gasteiger partial charge in [-0.1, -0.05) is 13.3 Å². The van der Waals surface area contributed by atoms with Crippen molar-refractivity contribution in [1.82, 2.24) is 9.03 Å². The van der Waals surface area contributed by atoms with Crippen LogP contribution in [0.2, 0.25) is 0 Å². The second kappa shape index (κ2) is 7.45. The summed E-state index contributed by atoms with van der Waals surface area (Å²) in [4.78, 5) is 0. The van der Waals surface area contributed by atoms with E-state index in [2.05, 4.69) is 4.72 Å². The van der Waals surface area contributed by atoms with Crippen molar-refractivity contribution in [3.8, 4) is 0 Å². The Labute approximate surface area is 104 Å². The van der Waals surface area contributed by atoms with E-state index in [-0.39, 0.29) is 18.4 Å². The molecule has 1 rings (SSSR count). The van der Waals surface area contributed by atoms with Gasteiger partial charge in [0.25, 0.3) is 10.2 Å². The lowest BCUT2D eigenvalue weighted by Gasteiger charge is -2.33. The Morgan fingerprint density at radius 3 is 2.69 bits per heavy atom. The average Bonchev–Trinajstić information content (AvgIpc) is 2.26. The number of halogens is 1. The highest BCUT2D eigenvalue weighted by molar-refractivity contribution is 7.87. The maximum atomic E-state index is 11.9. The molecule has 98 valence electrons. The minimum absolute atomic E-state index is 0. The zero-order chi connectivity index (χ0) is 11.3. The summed E-state index contributed by atoms with van der Waals surface area (Å²) >= 11 is 0. The Balaban J connectivity index is 0.00000225. The van der Waals surface area contributed by atoms with Crippen molar-refractivity contribution in [1.29, 1.82) is 0 Å². The smallest absolute Gasteiger partial charge is 0.279 e. The van der Waals surface area contributed by atoms with Gasteiger partial charge in [-0.25, -0.2) is 4.72 Å². The zero-order valence-electron chi connectivity index (χ0n) is 9.68. The molecule has 0 aromatic heterocycles. The fourth-order valence-corrected chi connectivity index (χ4v) is 3.42. The second-order valence-electron chi connectivity index (χ2n) is 3.90. The monoisotopic (exact) mass is 271 g/mol. The van der Waals surface area contributed by atoms with Gasteiger partial charge >= 0.3 is 0 Å². The Morgan fingerprint density at radius 1 is 1.44 bits per heavy atom. The normalized spacial score (nSPS) is 22.8. The first-order valence-electron chi connectivity index (χ1n) is 5.58. The standard InChI is InChI=1S/C9H21N3O2S.ClH/c1-2-6-11-15(13,14)12-7-4-3-5-9(12)8-10;/h9,11H,2-8,10H2,1H3;1H. The summed E-state index contributed by atoms with van der Waals surface area (Å²) in [6.07, 6.45) is 3.69. The predicted molar refractivity (Wildman–Crippen MR) is 67.9 cm³/mol. The molecule has 5 nitrogen and oxygen atoms in total. The third-order valence-corrected chi connectivity index (χ3v) is 4.36. The molecule has 7 heteroatoms. The summed E-state index contributed by atoms with van der Waals surface area (Å²) in [5, 5.41) is 0. The van der Waals surface area contributed by atoms with Crippen LogP contribution in [0.1, 0.15) is 32.6 Å². The molecule has 1 saturated heterocycles. The Kier molecular flexibility index (Phi) is 7.50. The molecule has 1 aliphatic heterocycles. The second-order valence-corrected chi connectivity index (χ2v) is 5.60. The van der Waals surface area contributed by atoms with Crippen LogP contribution < -0.4 is 10.5 Å². The summed E-state index contributed by atoms with van der Waals surface area (Å²) in [6, 6.07) is -0.0203. The molecule has 1 fully saturated rings. The Bertz CT molecular complexity index is 284. The van der Waals surface area contributed by atoms with E-state index in [9.17, 15) is 8.42 Å². The third kappa shape index (κ3) is 4.18. The molecule has 0 bridgehead atoms. The van der Waals surface area contributed by atoms with Crippen molar-refractivity contribution in [3.63, 3.8) is 0 Å². The summed E-state index contributed by atoms with van der Waals surface area (Å²) in [5.74, 6) is 0. The van der Waals surface area contributed by atoms with Gasteiger partial charge in [-0.05, 0) is 19.3 Å². The predicted octanol–water partition coefficient (Wildman–Crippen LogP) is 0.466. The van der Waals surface area contributed by atoms with Gasteiger partial charge in [-0.15, -0.1) is 12.4 Å². The van der Waals surface area contributed by atoms with Gasteiger partial charge in [0.15, 0.2) is 0 Å². The van der Waals surface area contributed by atoms with E-state index in [1.165, 1.54) is 4.31 Å². The minimum Gasteiger partial charge on any atom is -0.329 e. The van der Waals surface area contributed by atoms with E-state index in [4.69, 9.17) is 5.73 Å². The highest BCUT2D eigenvalue weighted by atomic mass is 35.5. The number of nitrogens with zero attached hydrogens (tertiary/aromatic N) is 1. The topological polar surface area (TPSA) is 75.4 Å². The first-order valence-corrected chi connectivity index (χ1v) is 7.02. The van der Waals surface area contributed by atoms with E-state index in [1.54, 1.807) is 0 Å². The van der Waals surface area contributed by atoms with Crippen LogP contribution in [-0.4, -0.2) is 38.4 Å². The molecule has 0 aromatic rings. The highest BCUT2D eigenvalue weighted by Crippen LogP contribution is 2.18. The van der Waals surface area contributed by atoms with Gasteiger partial charge in [-0.2, -0.15) is 12.7 Å². The molecule has 1 heterocycles. The van der Waals surface area contributed by atoms with Crippen LogP contribution in [0, 0.1) is 0 Å². The molecule has 16 heavy (non-hydrogen) atoms. The number of nitrogens with two attached hydrogens (primary N) is 1. The van der Waals surface area contributed by atoms with Crippen LogP contribution in [0.15, 0.2) is 0 Å². The highest BCUT2D eigenvalue weighted by Gasteiger charge is 2.30. The first kappa shape index (κ1) is 16.1. The lowest BCUT2D eigenvalue weighted by molar-refractivity contribution is 0.254. The third-order valence-electron chi connectivity index (χ3n) is 2.69. The Hall–Kier alpha value is 0.120. The molecular formula is C9H22ClN3O2S. The van der Waals surface area contributed by atoms with Crippen LogP contribution >= 0.6 is 12.4 Å². The molecular weight excluding hydrogens is 250 g/mol. The Morgan fingerprint density at radius 2 is 2.12 bits per heavy atom. The van der Waals surface area contributed by atoms with Crippen LogP contribution in [0.4, 0.5) is 0 Å². The van der Waals surface area contributed by atoms with Crippen molar-refractivity contribution in [3.05, 3.63) is 0 Å². The van der Waals surface area contributed by atoms with Crippen molar-refractivity contribution >= 4 is 22.6 Å². The number of rotatable bonds is 5. The number of nitrogens with one attached hydrogen (secondary N) is 1. The lowest BCUT2D eigenvalue weighted by atomic mass is 10.1. The number of piperidine rings is 1. The first-order chi connectivity index (χ1) is 7.11. The molecule has 1 unspecified atom stereocenters. The fraction of sp³-hybridized carbons (Fsp3) is 1.00. The van der Waals surface area contributed by atoms with Gasteiger partial charge in [0.1, 0.15) is 0 Å². The van der Waals surface area contributed by atoms with E-state index in [0.717, 1.165) is 25.7 Å². The van der Waals surface area contributed by atoms with Crippen molar-refractivity contribution in [2.75, 3.05) is 19.6 Å². The van der Waals surface area contributed by atoms with E-state index >= 15 is 0 Å². The average molecular weight is 272 g/mol. The van der Waals surface area contributed by atoms with Crippen LogP contribution in [0.25, 0.3) is 0 Å². The van der Waals surface area contributed by atoms with Gasteiger partial charge < -0.3 is 5.73 Å². The molecule has 3 N–H and O–H groups in total. The molecule has 0 amide bonds. The fourth-order valence-electron chi connectivity index (χ4n) is 1.84. The van der Waals surface area contributed by atoms with Crippen molar-refractivity contribution in [2.45, 2.75) is 38.6 Å². The zero-order valence-corrected chi connectivity index (χ0v) is 11.3. The molecule has 1 aliphatic rings. The van der Waals surface area contributed by atoms with Crippen LogP contribution in [0.3, 0.4) is 0 Å². The number of hydrogen-bond acceptors (Lipinski definition) is 3. The number of hydrogen-bond donors (Lipinski definition) is 2. The molecule has 0 aromatic carbocycles. The molecule has 0 saturated carbocycles. The maximum absolute atomic E-state index is 11.9. The largest absolute Gasteiger partial charge is 0.329 e. The van der Waals surface area contributed by atoms with E-state index < -0.39 is 10.2 Å². The molecule has 0 spiro atoms. The van der Waals surface area contributed by atoms with Gasteiger partial charge in [-0.3, -0.25) is 0 Å². The molecule has 0 aliphatic carbocycles. The SMILES string of the molecule is CCCNS(=O)(=O)N1CCCCC1CN.Cl. The summed E-state index contributed by atoms with van der Waals surface area (Å²) in [6.45, 7) is 3.45. The molecule has 0 radical (unpaired) electrons. The van der Waals surface area contributed by atoms with Gasteiger partial charge in [0.2, 0.25) is 0 Å². The van der Waals surface area contributed by atoms with E-state index in [0.29, 0.717) is 19.6 Å². The van der Waals surface area contributed by atoms with Crippen molar-refractivity contribution in [2.24, 2.45) is 5.73 Å². The minimum atomic E-state index is -3.30. The van der Waals surface area contributed by atoms with Crippen molar-refractivity contribution < 1.29 is 8.42 Å². The van der Waals surface area contributed by atoms with Gasteiger partial charge in [0.05, 0.1) is 0 Å². The van der Waals surface area contributed by atoms with Crippen LogP contribution in [0.5, 0.6) is 0 Å². The summed E-state index contributed by atoms with van der Waals surface area (Å²) in [7, 11) is -3.30. The summed E-state index contributed by atoms with van der Waals surface area (Å²) in [5.41, 5.74) is 5.59. The van der Waals surface area contributed by atoms with Gasteiger partial charge in [0, 0.05) is 25.7 Å².